The van der Waals surface area contributed by atoms with E-state index in [0.717, 1.165) is 4.90 Å². The van der Waals surface area contributed by atoms with Gasteiger partial charge in [0.1, 0.15) is 17.0 Å². The van der Waals surface area contributed by atoms with E-state index in [1.165, 1.54) is 33.3 Å². The zero-order valence-electron chi connectivity index (χ0n) is 15.9. The second-order valence-corrected chi connectivity index (χ2v) is 7.40. The van der Waals surface area contributed by atoms with Gasteiger partial charge in [0.05, 0.1) is 26.3 Å². The Bertz CT molecular complexity index is 1010. The number of hydrogen-bond acceptors (Lipinski definition) is 5. The summed E-state index contributed by atoms with van der Waals surface area (Å²) in [6, 6.07) is 8.61. The Kier molecular flexibility index (Phi) is 5.73. The molecule has 0 radical (unpaired) electrons. The molecule has 152 valence electrons. The second kappa shape index (κ2) is 7.93. The molecule has 29 heavy (non-hydrogen) atoms. The van der Waals surface area contributed by atoms with E-state index in [4.69, 9.17) is 32.7 Å². The molecule has 1 heterocycles. The van der Waals surface area contributed by atoms with E-state index in [1.54, 1.807) is 24.3 Å². The molecule has 1 aliphatic heterocycles. The Hall–Kier alpha value is -2.77. The molecule has 7 nitrogen and oxygen atoms in total. The van der Waals surface area contributed by atoms with Gasteiger partial charge in [-0.05, 0) is 31.2 Å². The van der Waals surface area contributed by atoms with E-state index < -0.39 is 29.8 Å². The average Bonchev–Trinajstić information content (AvgIpc) is 2.90. The van der Waals surface area contributed by atoms with Gasteiger partial charge in [0, 0.05) is 21.7 Å². The number of nitrogens with zero attached hydrogens (tertiary/aromatic N) is 1. The third-order valence-electron chi connectivity index (χ3n) is 4.76. The molecule has 1 N–H and O–H groups in total. The van der Waals surface area contributed by atoms with Crippen LogP contribution in [0, 0.1) is 0 Å². The van der Waals surface area contributed by atoms with Crippen molar-refractivity contribution < 1.29 is 23.9 Å². The van der Waals surface area contributed by atoms with Gasteiger partial charge in [0.2, 0.25) is 0 Å². The summed E-state index contributed by atoms with van der Waals surface area (Å²) in [5.74, 6) is -0.254. The van der Waals surface area contributed by atoms with Crippen LogP contribution in [0.15, 0.2) is 36.4 Å². The van der Waals surface area contributed by atoms with Gasteiger partial charge in [0.15, 0.2) is 5.78 Å². The lowest BCUT2D eigenvalue weighted by molar-refractivity contribution is -0.130. The number of amides is 3. The topological polar surface area (TPSA) is 84.9 Å². The first kappa shape index (κ1) is 21.0. The summed E-state index contributed by atoms with van der Waals surface area (Å²) >= 11 is 12.1. The van der Waals surface area contributed by atoms with E-state index in [2.05, 4.69) is 5.32 Å². The summed E-state index contributed by atoms with van der Waals surface area (Å²) in [6.07, 6.45) is 0. The number of nitrogens with one attached hydrogen (secondary N) is 1. The Labute approximate surface area is 177 Å². The number of halogens is 2. The number of hydrogen-bond donors (Lipinski definition) is 1. The van der Waals surface area contributed by atoms with Gasteiger partial charge in [-0.2, -0.15) is 0 Å². The lowest BCUT2D eigenvalue weighted by Crippen LogP contribution is -2.41. The maximum Gasteiger partial charge on any atom is 0.325 e. The van der Waals surface area contributed by atoms with Gasteiger partial charge in [-0.25, -0.2) is 4.79 Å². The molecule has 2 aromatic carbocycles. The first-order chi connectivity index (χ1) is 13.7. The normalized spacial score (nSPS) is 18.6. The van der Waals surface area contributed by atoms with E-state index in [0.29, 0.717) is 16.3 Å². The monoisotopic (exact) mass is 436 g/mol. The van der Waals surface area contributed by atoms with Crippen LogP contribution in [0.5, 0.6) is 11.5 Å². The average molecular weight is 437 g/mol. The van der Waals surface area contributed by atoms with Crippen LogP contribution >= 0.6 is 23.2 Å². The number of methoxy groups -OCH3 is 2. The van der Waals surface area contributed by atoms with Crippen molar-refractivity contribution in [2.75, 3.05) is 20.8 Å². The van der Waals surface area contributed by atoms with Crippen molar-refractivity contribution in [1.82, 2.24) is 10.2 Å². The van der Waals surface area contributed by atoms with Crippen LogP contribution < -0.4 is 14.8 Å². The molecular weight excluding hydrogens is 419 g/mol. The number of carbonyl (C=O) groups excluding carboxylic acids is 3. The molecule has 0 aromatic heterocycles. The third kappa shape index (κ3) is 3.75. The van der Waals surface area contributed by atoms with Crippen LogP contribution in [0.3, 0.4) is 0 Å². The summed E-state index contributed by atoms with van der Waals surface area (Å²) < 4.78 is 10.3. The van der Waals surface area contributed by atoms with Gasteiger partial charge >= 0.3 is 6.03 Å². The number of urea groups is 1. The van der Waals surface area contributed by atoms with Crippen molar-refractivity contribution >= 4 is 40.9 Å². The lowest BCUT2D eigenvalue weighted by atomic mass is 9.92. The lowest BCUT2D eigenvalue weighted by Gasteiger charge is -2.23. The Morgan fingerprint density at radius 1 is 1.10 bits per heavy atom. The molecule has 1 atom stereocenters. The minimum absolute atomic E-state index is 0.229. The van der Waals surface area contributed by atoms with E-state index in [9.17, 15) is 14.4 Å². The molecule has 9 heteroatoms. The molecule has 2 aromatic rings. The van der Waals surface area contributed by atoms with E-state index in [-0.39, 0.29) is 16.3 Å². The molecule has 1 fully saturated rings. The molecule has 0 saturated carbocycles. The molecule has 1 saturated heterocycles. The fourth-order valence-corrected chi connectivity index (χ4v) is 3.77. The fraction of sp³-hybridized carbons (Fsp3) is 0.250. The zero-order valence-corrected chi connectivity index (χ0v) is 17.4. The highest BCUT2D eigenvalue weighted by molar-refractivity contribution is 6.35. The smallest absolute Gasteiger partial charge is 0.325 e. The summed E-state index contributed by atoms with van der Waals surface area (Å²) in [6.45, 7) is 1.08. The molecule has 0 bridgehead atoms. The van der Waals surface area contributed by atoms with Crippen molar-refractivity contribution in [2.45, 2.75) is 12.5 Å². The maximum atomic E-state index is 13.0. The van der Waals surface area contributed by atoms with Crippen LogP contribution in [0.1, 0.15) is 22.8 Å². The summed E-state index contributed by atoms with van der Waals surface area (Å²) in [4.78, 5) is 39.2. The predicted molar refractivity (Wildman–Crippen MR) is 108 cm³/mol. The van der Waals surface area contributed by atoms with Crippen molar-refractivity contribution in [3.63, 3.8) is 0 Å². The Morgan fingerprint density at radius 2 is 1.83 bits per heavy atom. The Morgan fingerprint density at radius 3 is 2.45 bits per heavy atom. The molecular formula is C20H18Cl2N2O5. The van der Waals surface area contributed by atoms with E-state index >= 15 is 0 Å². The van der Waals surface area contributed by atoms with Gasteiger partial charge in [-0.3, -0.25) is 14.5 Å². The molecule has 1 unspecified atom stereocenters. The molecule has 0 aliphatic carbocycles. The zero-order chi connectivity index (χ0) is 21.3. The summed E-state index contributed by atoms with van der Waals surface area (Å²) in [5, 5.41) is 3.25. The maximum absolute atomic E-state index is 13.0. The highest BCUT2D eigenvalue weighted by Gasteiger charge is 2.50. The second-order valence-electron chi connectivity index (χ2n) is 6.56. The minimum atomic E-state index is -1.41. The van der Waals surface area contributed by atoms with Crippen LogP contribution in [0.2, 0.25) is 10.0 Å². The van der Waals surface area contributed by atoms with Crippen molar-refractivity contribution in [3.05, 3.63) is 57.6 Å². The molecule has 0 spiro atoms. The van der Waals surface area contributed by atoms with Crippen molar-refractivity contribution in [2.24, 2.45) is 0 Å². The number of imide groups is 1. The minimum Gasteiger partial charge on any atom is -0.497 e. The largest absolute Gasteiger partial charge is 0.497 e. The number of ketones is 1. The van der Waals surface area contributed by atoms with Crippen LogP contribution in [-0.2, 0) is 10.3 Å². The fourth-order valence-electron chi connectivity index (χ4n) is 3.18. The first-order valence-electron chi connectivity index (χ1n) is 8.56. The molecule has 3 amide bonds. The van der Waals surface area contributed by atoms with Crippen LogP contribution in [0.4, 0.5) is 4.79 Å². The number of Topliss-reactive ketones (excluding diaryl/α,β-unsaturated/α-hetero) is 1. The summed E-state index contributed by atoms with van der Waals surface area (Å²) in [7, 11) is 2.91. The number of benzene rings is 2. The summed E-state index contributed by atoms with van der Waals surface area (Å²) in [5.41, 5.74) is -0.797. The third-order valence-corrected chi connectivity index (χ3v) is 5.30. The SMILES string of the molecule is COc1ccc(C(=O)CN2C(=O)NC(C)(c3ccc(Cl)cc3Cl)C2=O)c(OC)c1. The van der Waals surface area contributed by atoms with E-state index in [1.807, 2.05) is 0 Å². The predicted octanol–water partition coefficient (Wildman–Crippen LogP) is 3.66. The number of carbonyl (C=O) groups is 3. The van der Waals surface area contributed by atoms with Crippen molar-refractivity contribution in [3.8, 4) is 11.5 Å². The van der Waals surface area contributed by atoms with Crippen LogP contribution in [-0.4, -0.2) is 43.4 Å². The van der Waals surface area contributed by atoms with Gasteiger partial charge < -0.3 is 14.8 Å². The van der Waals surface area contributed by atoms with Gasteiger partial charge in [-0.15, -0.1) is 0 Å². The highest BCUT2D eigenvalue weighted by atomic mass is 35.5. The Balaban J connectivity index is 1.88. The molecule has 3 rings (SSSR count). The quantitative estimate of drug-likeness (QED) is 0.551. The van der Waals surface area contributed by atoms with Crippen molar-refractivity contribution in [1.29, 1.82) is 0 Å². The number of ether oxygens (including phenoxy) is 2. The first-order valence-corrected chi connectivity index (χ1v) is 9.31. The van der Waals surface area contributed by atoms with Crippen LogP contribution in [0.25, 0.3) is 0 Å². The molecule has 1 aliphatic rings. The number of rotatable bonds is 6. The van der Waals surface area contributed by atoms with Gasteiger partial charge in [0.25, 0.3) is 5.91 Å². The van der Waals surface area contributed by atoms with Gasteiger partial charge in [-0.1, -0.05) is 29.3 Å². The standard InChI is InChI=1S/C20H18Cl2N2O5/c1-20(14-7-4-11(21)8-15(14)22)18(26)24(19(27)23-20)10-16(25)13-6-5-12(28-2)9-17(13)29-3/h4-9H,10H2,1-3H3,(H,23,27). The highest BCUT2D eigenvalue weighted by Crippen LogP contribution is 2.35.